The normalized spacial score (nSPS) is 10.7. The van der Waals surface area contributed by atoms with Gasteiger partial charge in [-0.2, -0.15) is 0 Å². The lowest BCUT2D eigenvalue weighted by Crippen LogP contribution is -1.87. The average Bonchev–Trinajstić information content (AvgIpc) is 2.98. The largest absolute Gasteiger partial charge is 0.0654 e. The second-order valence-corrected chi connectivity index (χ2v) is 10.4. The smallest absolute Gasteiger partial charge is 0.0249 e. The second kappa shape index (κ2) is 15.6. The fraction of sp³-hybridized carbons (Fsp3) is 0.316. The molecule has 194 valence electrons. The molecule has 0 heteroatoms. The van der Waals surface area contributed by atoms with Crippen molar-refractivity contribution in [3.63, 3.8) is 0 Å². The van der Waals surface area contributed by atoms with Gasteiger partial charge in [-0.1, -0.05) is 155 Å². The van der Waals surface area contributed by atoms with Gasteiger partial charge in [0.1, 0.15) is 0 Å². The maximum atomic E-state index is 3.33. The van der Waals surface area contributed by atoms with Crippen molar-refractivity contribution in [2.24, 2.45) is 0 Å². The minimum absolute atomic E-state index is 1.05. The molecule has 0 nitrogen and oxygen atoms in total. The van der Waals surface area contributed by atoms with E-state index in [1.54, 1.807) is 0 Å². The van der Waals surface area contributed by atoms with Gasteiger partial charge in [0.2, 0.25) is 0 Å². The van der Waals surface area contributed by atoms with Crippen LogP contribution in [0.2, 0.25) is 0 Å². The molecule has 0 N–H and O–H groups in total. The molecule has 0 bridgehead atoms. The summed E-state index contributed by atoms with van der Waals surface area (Å²) in [5.41, 5.74) is 8.48. The van der Waals surface area contributed by atoms with Gasteiger partial charge in [-0.05, 0) is 64.9 Å². The number of rotatable bonds is 13. The molecule has 0 saturated carbocycles. The molecule has 0 saturated heterocycles. The van der Waals surface area contributed by atoms with E-state index in [1.165, 1.54) is 98.4 Å². The van der Waals surface area contributed by atoms with Crippen LogP contribution in [-0.2, 0) is 6.42 Å². The Morgan fingerprint density at radius 2 is 0.789 bits per heavy atom. The van der Waals surface area contributed by atoms with E-state index < -0.39 is 0 Å². The lowest BCUT2D eigenvalue weighted by Gasteiger charge is -2.05. The maximum Gasteiger partial charge on any atom is 0.0249 e. The van der Waals surface area contributed by atoms with Gasteiger partial charge in [0.25, 0.3) is 0 Å². The maximum absolute atomic E-state index is 3.33. The molecule has 0 amide bonds. The Labute approximate surface area is 231 Å². The van der Waals surface area contributed by atoms with Crippen LogP contribution in [-0.4, -0.2) is 0 Å². The molecular weight excluding hydrogens is 456 g/mol. The minimum atomic E-state index is 1.05. The Morgan fingerprint density at radius 1 is 0.395 bits per heavy atom. The van der Waals surface area contributed by atoms with Crippen LogP contribution < -0.4 is 0 Å². The monoisotopic (exact) mass is 498 g/mol. The quantitative estimate of drug-likeness (QED) is 0.127. The van der Waals surface area contributed by atoms with E-state index in [0.717, 1.165) is 11.1 Å². The molecule has 0 unspecified atom stereocenters. The summed E-state index contributed by atoms with van der Waals surface area (Å²) >= 11 is 0. The van der Waals surface area contributed by atoms with Gasteiger partial charge in [-0.25, -0.2) is 0 Å². The van der Waals surface area contributed by atoms with Crippen molar-refractivity contribution >= 4 is 0 Å². The van der Waals surface area contributed by atoms with E-state index >= 15 is 0 Å². The average molecular weight is 499 g/mol. The van der Waals surface area contributed by atoms with E-state index in [4.69, 9.17) is 0 Å². The first-order valence-corrected chi connectivity index (χ1v) is 14.7. The van der Waals surface area contributed by atoms with Gasteiger partial charge < -0.3 is 0 Å². The van der Waals surface area contributed by atoms with E-state index in [2.05, 4.69) is 122 Å². The van der Waals surface area contributed by atoms with Crippen molar-refractivity contribution in [2.45, 2.75) is 77.6 Å². The topological polar surface area (TPSA) is 0 Å². The molecule has 0 spiro atoms. The summed E-state index contributed by atoms with van der Waals surface area (Å²) in [4.78, 5) is 0. The van der Waals surface area contributed by atoms with Gasteiger partial charge in [-0.15, -0.1) is 0 Å². The summed E-state index contributed by atoms with van der Waals surface area (Å²) in [5.74, 6) is 6.66. The second-order valence-electron chi connectivity index (χ2n) is 10.4. The number of unbranched alkanes of at least 4 members (excludes halogenated alkanes) is 9. The highest BCUT2D eigenvalue weighted by atomic mass is 14.1. The van der Waals surface area contributed by atoms with Crippen molar-refractivity contribution in [3.05, 3.63) is 120 Å². The lowest BCUT2D eigenvalue weighted by molar-refractivity contribution is 0.556. The minimum Gasteiger partial charge on any atom is -0.0654 e. The Morgan fingerprint density at radius 3 is 1.29 bits per heavy atom. The molecular formula is C38H42. The third-order valence-corrected chi connectivity index (χ3v) is 7.33. The van der Waals surface area contributed by atoms with E-state index in [9.17, 15) is 0 Å². The zero-order valence-electron chi connectivity index (χ0n) is 23.1. The number of aryl methyl sites for hydroxylation is 1. The van der Waals surface area contributed by atoms with Gasteiger partial charge in [0, 0.05) is 11.1 Å². The van der Waals surface area contributed by atoms with Gasteiger partial charge >= 0.3 is 0 Å². The van der Waals surface area contributed by atoms with Crippen molar-refractivity contribution < 1.29 is 0 Å². The Kier molecular flexibility index (Phi) is 11.3. The van der Waals surface area contributed by atoms with Crippen LogP contribution in [0.4, 0.5) is 0 Å². The lowest BCUT2D eigenvalue weighted by atomic mass is 9.99. The first kappa shape index (κ1) is 27.5. The Bertz CT molecular complexity index is 1250. The van der Waals surface area contributed by atoms with Gasteiger partial charge in [0.05, 0.1) is 0 Å². The van der Waals surface area contributed by atoms with E-state index in [-0.39, 0.29) is 0 Å². The first-order chi connectivity index (χ1) is 18.8. The Balaban J connectivity index is 1.20. The molecule has 4 aromatic rings. The fourth-order valence-corrected chi connectivity index (χ4v) is 4.95. The summed E-state index contributed by atoms with van der Waals surface area (Å²) in [5, 5.41) is 0. The van der Waals surface area contributed by atoms with Crippen LogP contribution >= 0.6 is 0 Å². The highest BCUT2D eigenvalue weighted by Crippen LogP contribution is 2.25. The predicted molar refractivity (Wildman–Crippen MR) is 165 cm³/mol. The zero-order chi connectivity index (χ0) is 26.3. The van der Waals surface area contributed by atoms with Crippen molar-refractivity contribution in [1.29, 1.82) is 0 Å². The van der Waals surface area contributed by atoms with Gasteiger partial charge in [0.15, 0.2) is 0 Å². The standard InChI is InChI=1S/C38H42/c1-2-3-4-5-6-7-8-9-10-12-15-32-18-20-33(21-19-32)22-23-34-24-26-36(27-25-34)38-30-28-37(29-31-38)35-16-13-11-14-17-35/h11,13-14,16-21,24-31H,2-10,12,15H2,1H3. The summed E-state index contributed by atoms with van der Waals surface area (Å²) < 4.78 is 0. The molecule has 0 aromatic heterocycles. The molecule has 4 aromatic carbocycles. The molecule has 38 heavy (non-hydrogen) atoms. The number of hydrogen-bond donors (Lipinski definition) is 0. The van der Waals surface area contributed by atoms with Crippen LogP contribution in [0.1, 0.15) is 87.8 Å². The Hall–Kier alpha value is -3.56. The predicted octanol–water partition coefficient (Wildman–Crippen LogP) is 10.9. The number of benzene rings is 4. The summed E-state index contributed by atoms with van der Waals surface area (Å²) in [6.07, 6.45) is 15.1. The molecule has 0 heterocycles. The molecule has 0 fully saturated rings. The molecule has 0 atom stereocenters. The van der Waals surface area contributed by atoms with Crippen LogP contribution in [0.15, 0.2) is 103 Å². The molecule has 4 rings (SSSR count). The summed E-state index contributed by atoms with van der Waals surface area (Å²) in [7, 11) is 0. The SMILES string of the molecule is CCCCCCCCCCCCc1ccc(C#Cc2ccc(-c3ccc(-c4ccccc4)cc3)cc2)cc1. The van der Waals surface area contributed by atoms with Gasteiger partial charge in [-0.3, -0.25) is 0 Å². The van der Waals surface area contributed by atoms with Crippen LogP contribution in [0, 0.1) is 11.8 Å². The first-order valence-electron chi connectivity index (χ1n) is 14.7. The van der Waals surface area contributed by atoms with Crippen LogP contribution in [0.25, 0.3) is 22.3 Å². The molecule has 0 radical (unpaired) electrons. The van der Waals surface area contributed by atoms with E-state index in [1.807, 2.05) is 0 Å². The van der Waals surface area contributed by atoms with E-state index in [0.29, 0.717) is 0 Å². The highest BCUT2D eigenvalue weighted by molar-refractivity contribution is 5.70. The molecule has 0 aliphatic carbocycles. The highest BCUT2D eigenvalue weighted by Gasteiger charge is 2.01. The van der Waals surface area contributed by atoms with Crippen LogP contribution in [0.5, 0.6) is 0 Å². The zero-order valence-corrected chi connectivity index (χ0v) is 23.1. The molecule has 0 aliphatic rings. The summed E-state index contributed by atoms with van der Waals surface area (Å²) in [6.45, 7) is 2.29. The molecule has 0 aliphatic heterocycles. The fourth-order valence-electron chi connectivity index (χ4n) is 4.95. The van der Waals surface area contributed by atoms with Crippen molar-refractivity contribution in [2.75, 3.05) is 0 Å². The summed E-state index contributed by atoms with van der Waals surface area (Å²) in [6, 6.07) is 36.7. The van der Waals surface area contributed by atoms with Crippen molar-refractivity contribution in [3.8, 4) is 34.1 Å². The third kappa shape index (κ3) is 9.08. The van der Waals surface area contributed by atoms with Crippen LogP contribution in [0.3, 0.4) is 0 Å². The number of hydrogen-bond acceptors (Lipinski definition) is 0. The third-order valence-electron chi connectivity index (χ3n) is 7.33. The van der Waals surface area contributed by atoms with Crippen molar-refractivity contribution in [1.82, 2.24) is 0 Å².